The van der Waals surface area contributed by atoms with Crippen molar-refractivity contribution >= 4 is 11.0 Å². The molecule has 0 bridgehead atoms. The van der Waals surface area contributed by atoms with Crippen molar-refractivity contribution in [2.75, 3.05) is 7.05 Å². The molecule has 1 N–H and O–H groups in total. The fourth-order valence-electron chi connectivity index (χ4n) is 2.72. The molecule has 2 aromatic rings. The molecule has 110 valence electrons. The molecular weight excluding hydrogens is 246 g/mol. The predicted molar refractivity (Wildman–Crippen MR) is 86.4 cm³/mol. The summed E-state index contributed by atoms with van der Waals surface area (Å²) in [6, 6.07) is 7.06. The van der Waals surface area contributed by atoms with E-state index in [0.717, 1.165) is 24.2 Å². The summed E-state index contributed by atoms with van der Waals surface area (Å²) < 4.78 is 6.21. The molecular formula is C18H27NO. The second kappa shape index (κ2) is 5.61. The van der Waals surface area contributed by atoms with Gasteiger partial charge in [-0.3, -0.25) is 0 Å². The third-order valence-corrected chi connectivity index (χ3v) is 4.01. The Bertz CT molecular complexity index is 585. The van der Waals surface area contributed by atoms with E-state index in [0.29, 0.717) is 6.04 Å². The van der Waals surface area contributed by atoms with Crippen LogP contribution >= 0.6 is 0 Å². The van der Waals surface area contributed by atoms with Crippen LogP contribution in [0.4, 0.5) is 0 Å². The summed E-state index contributed by atoms with van der Waals surface area (Å²) in [7, 11) is 1.99. The third kappa shape index (κ3) is 2.76. The van der Waals surface area contributed by atoms with Crippen molar-refractivity contribution in [2.24, 2.45) is 0 Å². The van der Waals surface area contributed by atoms with Crippen molar-refractivity contribution in [2.45, 2.75) is 58.9 Å². The van der Waals surface area contributed by atoms with Crippen molar-refractivity contribution in [3.63, 3.8) is 0 Å². The van der Waals surface area contributed by atoms with E-state index < -0.39 is 0 Å². The highest BCUT2D eigenvalue weighted by molar-refractivity contribution is 5.83. The van der Waals surface area contributed by atoms with Crippen molar-refractivity contribution in [3.05, 3.63) is 35.1 Å². The van der Waals surface area contributed by atoms with Gasteiger partial charge in [0, 0.05) is 10.9 Å². The first kappa shape index (κ1) is 15.1. The Labute approximate surface area is 122 Å². The smallest absolute Gasteiger partial charge is 0.138 e. The van der Waals surface area contributed by atoms with E-state index >= 15 is 0 Å². The first-order valence-corrected chi connectivity index (χ1v) is 7.64. The monoisotopic (exact) mass is 273 g/mol. The molecule has 2 heteroatoms. The van der Waals surface area contributed by atoms with Gasteiger partial charge >= 0.3 is 0 Å². The maximum atomic E-state index is 6.21. The first-order valence-electron chi connectivity index (χ1n) is 7.64. The minimum atomic E-state index is 0.0971. The van der Waals surface area contributed by atoms with Gasteiger partial charge in [0.1, 0.15) is 11.3 Å². The second-order valence-electron chi connectivity index (χ2n) is 6.56. The Morgan fingerprint density at radius 3 is 2.35 bits per heavy atom. The molecule has 2 rings (SSSR count). The van der Waals surface area contributed by atoms with Gasteiger partial charge in [-0.1, -0.05) is 40.7 Å². The molecule has 0 radical (unpaired) electrons. The van der Waals surface area contributed by atoms with E-state index in [1.807, 2.05) is 7.05 Å². The molecule has 1 aromatic heterocycles. The molecule has 0 aliphatic carbocycles. The maximum Gasteiger partial charge on any atom is 0.138 e. The highest BCUT2D eigenvalue weighted by atomic mass is 16.3. The molecule has 2 nitrogen and oxygen atoms in total. The van der Waals surface area contributed by atoms with Gasteiger partial charge in [0.25, 0.3) is 0 Å². The number of rotatable bonds is 4. The van der Waals surface area contributed by atoms with Gasteiger partial charge in [-0.25, -0.2) is 0 Å². The van der Waals surface area contributed by atoms with Crippen molar-refractivity contribution in [3.8, 4) is 0 Å². The normalized spacial score (nSPS) is 13.9. The minimum Gasteiger partial charge on any atom is -0.459 e. The van der Waals surface area contributed by atoms with E-state index in [1.54, 1.807) is 0 Å². The van der Waals surface area contributed by atoms with Crippen LogP contribution in [0, 0.1) is 0 Å². The van der Waals surface area contributed by atoms with Crippen LogP contribution in [0.25, 0.3) is 11.0 Å². The molecule has 0 saturated heterocycles. The topological polar surface area (TPSA) is 25.2 Å². The van der Waals surface area contributed by atoms with Crippen LogP contribution in [0.2, 0.25) is 0 Å². The van der Waals surface area contributed by atoms with E-state index in [4.69, 9.17) is 4.42 Å². The fourth-order valence-corrected chi connectivity index (χ4v) is 2.72. The Kier molecular flexibility index (Phi) is 4.24. The number of aryl methyl sites for hydroxylation is 1. The zero-order valence-electron chi connectivity index (χ0n) is 13.6. The molecule has 0 aliphatic rings. The molecule has 1 unspecified atom stereocenters. The minimum absolute atomic E-state index is 0.0971. The molecule has 0 amide bonds. The van der Waals surface area contributed by atoms with E-state index in [1.165, 1.54) is 16.5 Å². The lowest BCUT2D eigenvalue weighted by molar-refractivity contribution is 0.439. The first-order chi connectivity index (χ1) is 9.40. The highest BCUT2D eigenvalue weighted by Gasteiger charge is 2.22. The predicted octanol–water partition coefficient (Wildman–Crippen LogP) is 4.96. The van der Waals surface area contributed by atoms with Crippen molar-refractivity contribution in [1.82, 2.24) is 5.32 Å². The van der Waals surface area contributed by atoms with Crippen LogP contribution in [0.15, 0.2) is 22.6 Å². The Morgan fingerprint density at radius 2 is 1.85 bits per heavy atom. The molecule has 1 heterocycles. The van der Waals surface area contributed by atoms with Gasteiger partial charge < -0.3 is 9.73 Å². The van der Waals surface area contributed by atoms with Crippen LogP contribution in [-0.4, -0.2) is 7.05 Å². The van der Waals surface area contributed by atoms with Gasteiger partial charge in [-0.2, -0.15) is 0 Å². The van der Waals surface area contributed by atoms with Gasteiger partial charge in [0.15, 0.2) is 0 Å². The van der Waals surface area contributed by atoms with E-state index in [2.05, 4.69) is 58.1 Å². The molecule has 0 spiro atoms. The number of hydrogen-bond acceptors (Lipinski definition) is 2. The van der Waals surface area contributed by atoms with Gasteiger partial charge in [0.2, 0.25) is 0 Å². The Hall–Kier alpha value is -1.28. The third-order valence-electron chi connectivity index (χ3n) is 4.01. The lowest BCUT2D eigenvalue weighted by atomic mass is 9.85. The number of hydrogen-bond donors (Lipinski definition) is 1. The van der Waals surface area contributed by atoms with Crippen molar-refractivity contribution < 1.29 is 4.42 Å². The van der Waals surface area contributed by atoms with Crippen LogP contribution < -0.4 is 5.32 Å². The lowest BCUT2D eigenvalue weighted by Gasteiger charge is -2.20. The standard InChI is InChI=1S/C18H27NO/c1-7-12-9-13-11-16(15(8-2)19-6)20-17(13)14(10-12)18(3,4)5/h9-11,15,19H,7-8H2,1-6H3. The van der Waals surface area contributed by atoms with E-state index in [-0.39, 0.29) is 5.41 Å². The molecule has 0 saturated carbocycles. The molecule has 0 aliphatic heterocycles. The summed E-state index contributed by atoms with van der Waals surface area (Å²) in [4.78, 5) is 0. The number of fused-ring (bicyclic) bond motifs is 1. The highest BCUT2D eigenvalue weighted by Crippen LogP contribution is 2.35. The van der Waals surface area contributed by atoms with Crippen LogP contribution in [0.1, 0.15) is 64.0 Å². The summed E-state index contributed by atoms with van der Waals surface area (Å²) in [5.74, 6) is 1.05. The van der Waals surface area contributed by atoms with Gasteiger partial charge in [-0.05, 0) is 43.0 Å². The molecule has 1 atom stereocenters. The maximum absolute atomic E-state index is 6.21. The SMILES string of the molecule is CCc1cc(C(C)(C)C)c2oc(C(CC)NC)cc2c1. The van der Waals surface area contributed by atoms with Crippen molar-refractivity contribution in [1.29, 1.82) is 0 Å². The summed E-state index contributed by atoms with van der Waals surface area (Å²) in [5, 5.41) is 4.56. The number of benzene rings is 1. The molecule has 0 fully saturated rings. The Balaban J connectivity index is 2.66. The van der Waals surface area contributed by atoms with Crippen LogP contribution in [0.5, 0.6) is 0 Å². The average molecular weight is 273 g/mol. The number of nitrogens with one attached hydrogen (secondary N) is 1. The lowest BCUT2D eigenvalue weighted by Crippen LogP contribution is -2.14. The summed E-state index contributed by atoms with van der Waals surface area (Å²) in [5.41, 5.74) is 3.84. The largest absolute Gasteiger partial charge is 0.459 e. The van der Waals surface area contributed by atoms with Gasteiger partial charge in [0.05, 0.1) is 6.04 Å². The zero-order valence-corrected chi connectivity index (χ0v) is 13.6. The molecule has 20 heavy (non-hydrogen) atoms. The summed E-state index contributed by atoms with van der Waals surface area (Å²) >= 11 is 0. The zero-order chi connectivity index (χ0) is 14.9. The quantitative estimate of drug-likeness (QED) is 0.851. The van der Waals surface area contributed by atoms with E-state index in [9.17, 15) is 0 Å². The summed E-state index contributed by atoms with van der Waals surface area (Å²) in [6.07, 6.45) is 2.09. The Morgan fingerprint density at radius 1 is 1.15 bits per heavy atom. The summed E-state index contributed by atoms with van der Waals surface area (Å²) in [6.45, 7) is 11.1. The van der Waals surface area contributed by atoms with Crippen LogP contribution in [0.3, 0.4) is 0 Å². The average Bonchev–Trinajstić information content (AvgIpc) is 2.81. The number of furan rings is 1. The fraction of sp³-hybridized carbons (Fsp3) is 0.556. The van der Waals surface area contributed by atoms with Gasteiger partial charge in [-0.15, -0.1) is 0 Å². The second-order valence-corrected chi connectivity index (χ2v) is 6.56. The van der Waals surface area contributed by atoms with Crippen LogP contribution in [-0.2, 0) is 11.8 Å². The molecule has 1 aromatic carbocycles.